The Morgan fingerprint density at radius 1 is 1.00 bits per heavy atom. The molecule has 1 aromatic carbocycles. The summed E-state index contributed by atoms with van der Waals surface area (Å²) in [7, 11) is 0. The standard InChI is InChI=1S/C25H43NO2/c1-7-11-23(27-20-12-9-8-10-13-20)28-21-16-14-19(15-17-21)22(25(5,6)26)18-24(2,3)4/h14-17,20,22-23H,7-13,18,26H2,1-6H3. The molecule has 2 unspecified atom stereocenters. The predicted molar refractivity (Wildman–Crippen MR) is 119 cm³/mol. The molecule has 1 saturated carbocycles. The van der Waals surface area contributed by atoms with Crippen molar-refractivity contribution in [2.75, 3.05) is 0 Å². The Morgan fingerprint density at radius 3 is 2.11 bits per heavy atom. The van der Waals surface area contributed by atoms with E-state index in [4.69, 9.17) is 15.2 Å². The van der Waals surface area contributed by atoms with Crippen LogP contribution in [-0.2, 0) is 4.74 Å². The third kappa shape index (κ3) is 7.75. The van der Waals surface area contributed by atoms with Crippen LogP contribution in [0.3, 0.4) is 0 Å². The van der Waals surface area contributed by atoms with Crippen LogP contribution in [0.15, 0.2) is 24.3 Å². The maximum atomic E-state index is 6.53. The average molecular weight is 390 g/mol. The maximum Gasteiger partial charge on any atom is 0.200 e. The molecule has 3 nitrogen and oxygen atoms in total. The largest absolute Gasteiger partial charge is 0.465 e. The number of ether oxygens (including phenoxy) is 2. The highest BCUT2D eigenvalue weighted by atomic mass is 16.7. The highest BCUT2D eigenvalue weighted by Gasteiger charge is 2.31. The van der Waals surface area contributed by atoms with Crippen LogP contribution in [0.2, 0.25) is 0 Å². The molecule has 1 fully saturated rings. The normalized spacial score (nSPS) is 18.7. The van der Waals surface area contributed by atoms with E-state index < -0.39 is 0 Å². The van der Waals surface area contributed by atoms with Gasteiger partial charge in [0, 0.05) is 17.9 Å². The second kappa shape index (κ2) is 10.1. The Labute approximate surface area is 173 Å². The van der Waals surface area contributed by atoms with Crippen LogP contribution >= 0.6 is 0 Å². The Hall–Kier alpha value is -1.06. The first kappa shape index (κ1) is 23.2. The minimum atomic E-state index is -0.259. The van der Waals surface area contributed by atoms with Crippen molar-refractivity contribution in [3.8, 4) is 5.75 Å². The summed E-state index contributed by atoms with van der Waals surface area (Å²) < 4.78 is 12.5. The molecule has 0 heterocycles. The van der Waals surface area contributed by atoms with Crippen LogP contribution in [0.4, 0.5) is 0 Å². The molecule has 0 aliphatic heterocycles. The van der Waals surface area contributed by atoms with Crippen molar-refractivity contribution in [1.29, 1.82) is 0 Å². The molecule has 0 aromatic heterocycles. The zero-order chi connectivity index (χ0) is 20.8. The summed E-state index contributed by atoms with van der Waals surface area (Å²) >= 11 is 0. The first-order chi connectivity index (χ1) is 13.1. The van der Waals surface area contributed by atoms with E-state index in [1.54, 1.807) is 0 Å². The van der Waals surface area contributed by atoms with E-state index in [1.165, 1.54) is 37.7 Å². The first-order valence-corrected chi connectivity index (χ1v) is 11.3. The number of benzene rings is 1. The zero-order valence-electron chi connectivity index (χ0n) is 19.1. The molecule has 2 rings (SSSR count). The molecule has 28 heavy (non-hydrogen) atoms. The van der Waals surface area contributed by atoms with E-state index in [0.717, 1.165) is 25.0 Å². The second-order valence-electron chi connectivity index (χ2n) is 10.4. The molecule has 0 bridgehead atoms. The Morgan fingerprint density at radius 2 is 1.61 bits per heavy atom. The first-order valence-electron chi connectivity index (χ1n) is 11.3. The lowest BCUT2D eigenvalue weighted by atomic mass is 9.73. The van der Waals surface area contributed by atoms with Crippen LogP contribution in [0.25, 0.3) is 0 Å². The Kier molecular flexibility index (Phi) is 8.39. The van der Waals surface area contributed by atoms with Crippen LogP contribution in [0.1, 0.15) is 104 Å². The summed E-state index contributed by atoms with van der Waals surface area (Å²) in [5.74, 6) is 1.20. The molecule has 1 aliphatic rings. The molecule has 0 saturated heterocycles. The molecule has 2 N–H and O–H groups in total. The monoisotopic (exact) mass is 389 g/mol. The number of hydrogen-bond acceptors (Lipinski definition) is 3. The van der Waals surface area contributed by atoms with Gasteiger partial charge in [-0.05, 0) is 56.2 Å². The fraction of sp³-hybridized carbons (Fsp3) is 0.760. The van der Waals surface area contributed by atoms with E-state index in [0.29, 0.717) is 12.0 Å². The lowest BCUT2D eigenvalue weighted by molar-refractivity contribution is -0.131. The van der Waals surface area contributed by atoms with Gasteiger partial charge in [0.05, 0.1) is 6.10 Å². The molecule has 0 spiro atoms. The minimum Gasteiger partial charge on any atom is -0.465 e. The SMILES string of the molecule is CCCC(Oc1ccc(C(CC(C)(C)C)C(C)(C)N)cc1)OC1CCCCC1. The predicted octanol–water partition coefficient (Wildman–Crippen LogP) is 6.80. The smallest absolute Gasteiger partial charge is 0.200 e. The molecule has 1 aromatic rings. The van der Waals surface area contributed by atoms with E-state index in [2.05, 4.69) is 65.8 Å². The lowest BCUT2D eigenvalue weighted by Gasteiger charge is -2.36. The third-order valence-corrected chi connectivity index (χ3v) is 5.69. The number of nitrogens with two attached hydrogens (primary N) is 1. The molecular formula is C25H43NO2. The van der Waals surface area contributed by atoms with Gasteiger partial charge >= 0.3 is 0 Å². The Bertz CT molecular complexity index is 562. The molecule has 160 valence electrons. The summed E-state index contributed by atoms with van der Waals surface area (Å²) in [5, 5.41) is 0. The Balaban J connectivity index is 2.05. The van der Waals surface area contributed by atoms with Gasteiger partial charge in [-0.3, -0.25) is 0 Å². The summed E-state index contributed by atoms with van der Waals surface area (Å²) in [6.45, 7) is 13.3. The molecule has 0 amide bonds. The van der Waals surface area contributed by atoms with Gasteiger partial charge < -0.3 is 15.2 Å². The average Bonchev–Trinajstić information content (AvgIpc) is 2.60. The fourth-order valence-corrected chi connectivity index (χ4v) is 4.16. The highest BCUT2D eigenvalue weighted by molar-refractivity contribution is 5.31. The van der Waals surface area contributed by atoms with Gasteiger partial charge in [-0.1, -0.05) is 65.5 Å². The summed E-state index contributed by atoms with van der Waals surface area (Å²) in [6.07, 6.45) is 9.50. The van der Waals surface area contributed by atoms with Crippen LogP contribution in [-0.4, -0.2) is 17.9 Å². The summed E-state index contributed by atoms with van der Waals surface area (Å²) in [5.41, 5.74) is 7.79. The van der Waals surface area contributed by atoms with Gasteiger partial charge in [0.2, 0.25) is 0 Å². The van der Waals surface area contributed by atoms with Gasteiger partial charge in [-0.15, -0.1) is 0 Å². The summed E-state index contributed by atoms with van der Waals surface area (Å²) in [4.78, 5) is 0. The van der Waals surface area contributed by atoms with E-state index >= 15 is 0 Å². The van der Waals surface area contributed by atoms with Gasteiger partial charge in [-0.25, -0.2) is 0 Å². The van der Waals surface area contributed by atoms with Crippen molar-refractivity contribution in [1.82, 2.24) is 0 Å². The zero-order valence-corrected chi connectivity index (χ0v) is 19.1. The van der Waals surface area contributed by atoms with Gasteiger partial charge in [0.15, 0.2) is 6.29 Å². The van der Waals surface area contributed by atoms with Crippen molar-refractivity contribution in [3.63, 3.8) is 0 Å². The molecular weight excluding hydrogens is 346 g/mol. The van der Waals surface area contributed by atoms with E-state index in [1.807, 2.05) is 0 Å². The topological polar surface area (TPSA) is 44.5 Å². The van der Waals surface area contributed by atoms with Gasteiger partial charge in [0.1, 0.15) is 5.75 Å². The van der Waals surface area contributed by atoms with Gasteiger partial charge in [-0.2, -0.15) is 0 Å². The number of rotatable bonds is 9. The van der Waals surface area contributed by atoms with Gasteiger partial charge in [0.25, 0.3) is 0 Å². The highest BCUT2D eigenvalue weighted by Crippen LogP contribution is 2.38. The molecule has 0 radical (unpaired) electrons. The minimum absolute atomic E-state index is 0.143. The van der Waals surface area contributed by atoms with E-state index in [9.17, 15) is 0 Å². The van der Waals surface area contributed by atoms with Crippen molar-refractivity contribution >= 4 is 0 Å². The van der Waals surface area contributed by atoms with Crippen molar-refractivity contribution in [2.24, 2.45) is 11.1 Å². The van der Waals surface area contributed by atoms with Crippen molar-refractivity contribution in [3.05, 3.63) is 29.8 Å². The third-order valence-electron chi connectivity index (χ3n) is 5.69. The lowest BCUT2D eigenvalue weighted by Crippen LogP contribution is -2.41. The quantitative estimate of drug-likeness (QED) is 0.472. The van der Waals surface area contributed by atoms with Crippen molar-refractivity contribution in [2.45, 2.75) is 117 Å². The second-order valence-corrected chi connectivity index (χ2v) is 10.4. The number of hydrogen-bond donors (Lipinski definition) is 1. The van der Waals surface area contributed by atoms with Crippen LogP contribution in [0.5, 0.6) is 5.75 Å². The summed E-state index contributed by atoms with van der Waals surface area (Å²) in [6, 6.07) is 8.54. The molecule has 3 heteroatoms. The van der Waals surface area contributed by atoms with E-state index in [-0.39, 0.29) is 17.2 Å². The van der Waals surface area contributed by atoms with Crippen molar-refractivity contribution < 1.29 is 9.47 Å². The molecule has 1 aliphatic carbocycles. The van der Waals surface area contributed by atoms with Crippen LogP contribution in [0, 0.1) is 5.41 Å². The maximum absolute atomic E-state index is 6.53. The fourth-order valence-electron chi connectivity index (χ4n) is 4.16. The molecule has 2 atom stereocenters. The van der Waals surface area contributed by atoms with Crippen LogP contribution < -0.4 is 10.5 Å².